The molecule has 1 aromatic heterocycles. The Labute approximate surface area is 84.9 Å². The van der Waals surface area contributed by atoms with Crippen molar-refractivity contribution in [2.75, 3.05) is 6.61 Å². The molecule has 0 atom stereocenters. The zero-order valence-electron chi connectivity index (χ0n) is 7.70. The average molecular weight is 208 g/mol. The lowest BCUT2D eigenvalue weighted by Crippen LogP contribution is -2.22. The maximum atomic E-state index is 10.5. The van der Waals surface area contributed by atoms with Gasteiger partial charge >= 0.3 is 0 Å². The number of hydrogen-bond acceptors (Lipinski definition) is 6. The van der Waals surface area contributed by atoms with E-state index in [-0.39, 0.29) is 6.61 Å². The summed E-state index contributed by atoms with van der Waals surface area (Å²) in [6, 6.07) is 1.51. The van der Waals surface area contributed by atoms with Gasteiger partial charge < -0.3 is 10.6 Å². The number of rotatable bonds is 5. The molecular weight excluding hydrogens is 200 g/mol. The van der Waals surface area contributed by atoms with Crippen LogP contribution in [-0.2, 0) is 16.2 Å². The lowest BCUT2D eigenvalue weighted by atomic mass is 10.4. The summed E-state index contributed by atoms with van der Waals surface area (Å²) in [7, 11) is 0. The van der Waals surface area contributed by atoms with E-state index in [1.54, 1.807) is 6.20 Å². The molecule has 0 bridgehead atoms. The van der Waals surface area contributed by atoms with E-state index in [4.69, 9.17) is 15.8 Å². The predicted molar refractivity (Wildman–Crippen MR) is 48.2 cm³/mol. The highest BCUT2D eigenvalue weighted by Crippen LogP contribution is 1.85. The second-order valence-corrected chi connectivity index (χ2v) is 2.42. The topological polar surface area (TPSA) is 119 Å². The van der Waals surface area contributed by atoms with E-state index in [0.29, 0.717) is 6.54 Å². The van der Waals surface area contributed by atoms with E-state index in [2.05, 4.69) is 15.5 Å². The second kappa shape index (κ2) is 5.33. The summed E-state index contributed by atoms with van der Waals surface area (Å²) in [4.78, 5) is 15.2. The summed E-state index contributed by atoms with van der Waals surface area (Å²) < 4.78 is 1.52. The van der Waals surface area contributed by atoms with Gasteiger partial charge in [0.25, 0.3) is 5.91 Å². The fraction of sp³-hybridized carbons (Fsp3) is 0.286. The zero-order valence-corrected chi connectivity index (χ0v) is 7.70. The standard InChI is InChI=1S/C7H8N6O2/c8-5-6(7(9)14)11-15-4-3-13-2-1-10-12-13/h1-2H,3-4H2,(H2,9,14)/b11-6-. The number of carbonyl (C=O) groups is 1. The van der Waals surface area contributed by atoms with Gasteiger partial charge in [0.2, 0.25) is 5.71 Å². The van der Waals surface area contributed by atoms with Gasteiger partial charge in [-0.05, 0) is 0 Å². The van der Waals surface area contributed by atoms with Crippen LogP contribution in [0, 0.1) is 11.3 Å². The molecule has 0 fully saturated rings. The Kier molecular flexibility index (Phi) is 3.79. The lowest BCUT2D eigenvalue weighted by Gasteiger charge is -1.98. The fourth-order valence-electron chi connectivity index (χ4n) is 0.717. The van der Waals surface area contributed by atoms with Crippen LogP contribution in [0.5, 0.6) is 0 Å². The summed E-state index contributed by atoms with van der Waals surface area (Å²) in [5.74, 6) is -0.918. The Hall–Kier alpha value is -2.43. The Bertz CT molecular complexity index is 390. The lowest BCUT2D eigenvalue weighted by molar-refractivity contribution is -0.112. The molecule has 0 unspecified atom stereocenters. The third kappa shape index (κ3) is 3.43. The molecule has 0 aliphatic carbocycles. The van der Waals surface area contributed by atoms with Gasteiger partial charge in [-0.3, -0.25) is 4.79 Å². The Morgan fingerprint density at radius 2 is 2.53 bits per heavy atom. The van der Waals surface area contributed by atoms with Gasteiger partial charge in [-0.15, -0.1) is 5.10 Å². The number of nitrogens with two attached hydrogens (primary N) is 1. The minimum Gasteiger partial charge on any atom is -0.393 e. The number of nitriles is 1. The van der Waals surface area contributed by atoms with Crippen LogP contribution in [0.4, 0.5) is 0 Å². The third-order valence-electron chi connectivity index (χ3n) is 1.38. The van der Waals surface area contributed by atoms with Crippen molar-refractivity contribution in [1.82, 2.24) is 15.0 Å². The smallest absolute Gasteiger partial charge is 0.281 e. The maximum Gasteiger partial charge on any atom is 0.281 e. The SMILES string of the molecule is N#C/C(=N/OCCn1ccnn1)C(N)=O. The van der Waals surface area contributed by atoms with Gasteiger partial charge in [0.1, 0.15) is 12.7 Å². The van der Waals surface area contributed by atoms with Crippen LogP contribution in [0.3, 0.4) is 0 Å². The quantitative estimate of drug-likeness (QED) is 0.365. The monoisotopic (exact) mass is 208 g/mol. The number of primary amides is 1. The molecule has 15 heavy (non-hydrogen) atoms. The predicted octanol–water partition coefficient (Wildman–Crippen LogP) is -1.34. The van der Waals surface area contributed by atoms with Crippen molar-refractivity contribution in [3.05, 3.63) is 12.4 Å². The van der Waals surface area contributed by atoms with E-state index in [1.165, 1.54) is 16.9 Å². The van der Waals surface area contributed by atoms with Crippen molar-refractivity contribution < 1.29 is 9.63 Å². The first-order chi connectivity index (χ1) is 7.24. The summed E-state index contributed by atoms with van der Waals surface area (Å²) >= 11 is 0. The van der Waals surface area contributed by atoms with Crippen LogP contribution in [0.2, 0.25) is 0 Å². The molecule has 0 saturated carbocycles. The molecule has 0 aliphatic rings. The molecular formula is C7H8N6O2. The van der Waals surface area contributed by atoms with E-state index < -0.39 is 11.6 Å². The van der Waals surface area contributed by atoms with E-state index in [0.717, 1.165) is 0 Å². The molecule has 1 heterocycles. The Balaban J connectivity index is 2.33. The average Bonchev–Trinajstić information content (AvgIpc) is 2.70. The molecule has 0 spiro atoms. The molecule has 8 nitrogen and oxygen atoms in total. The third-order valence-corrected chi connectivity index (χ3v) is 1.38. The minimum absolute atomic E-state index is 0.168. The second-order valence-electron chi connectivity index (χ2n) is 2.42. The first-order valence-corrected chi connectivity index (χ1v) is 3.98. The van der Waals surface area contributed by atoms with E-state index in [9.17, 15) is 4.79 Å². The van der Waals surface area contributed by atoms with Gasteiger partial charge in [0.15, 0.2) is 0 Å². The van der Waals surface area contributed by atoms with Crippen LogP contribution >= 0.6 is 0 Å². The number of aromatic nitrogens is 3. The molecule has 0 aromatic carbocycles. The van der Waals surface area contributed by atoms with Crippen molar-refractivity contribution in [1.29, 1.82) is 5.26 Å². The summed E-state index contributed by atoms with van der Waals surface area (Å²) in [6.07, 6.45) is 3.17. The van der Waals surface area contributed by atoms with Gasteiger partial charge in [-0.25, -0.2) is 4.68 Å². The van der Waals surface area contributed by atoms with Crippen LogP contribution in [0.15, 0.2) is 17.5 Å². The van der Waals surface area contributed by atoms with Crippen LogP contribution in [-0.4, -0.2) is 33.2 Å². The van der Waals surface area contributed by atoms with Crippen molar-refractivity contribution >= 4 is 11.6 Å². The van der Waals surface area contributed by atoms with Crippen molar-refractivity contribution in [3.8, 4) is 6.07 Å². The number of carbonyl (C=O) groups excluding carboxylic acids is 1. The first-order valence-electron chi connectivity index (χ1n) is 3.98. The number of oxime groups is 1. The van der Waals surface area contributed by atoms with Gasteiger partial charge in [0.05, 0.1) is 12.7 Å². The zero-order chi connectivity index (χ0) is 11.1. The molecule has 1 amide bonds. The highest BCUT2D eigenvalue weighted by atomic mass is 16.6. The molecule has 0 radical (unpaired) electrons. The molecule has 1 rings (SSSR count). The normalized spacial score (nSPS) is 10.7. The molecule has 2 N–H and O–H groups in total. The maximum absolute atomic E-state index is 10.5. The molecule has 0 aliphatic heterocycles. The Morgan fingerprint density at radius 3 is 3.07 bits per heavy atom. The molecule has 1 aromatic rings. The summed E-state index contributed by atoms with van der Waals surface area (Å²) in [5.41, 5.74) is 4.36. The van der Waals surface area contributed by atoms with Crippen molar-refractivity contribution in [3.63, 3.8) is 0 Å². The van der Waals surface area contributed by atoms with Gasteiger partial charge in [0, 0.05) is 6.20 Å². The number of amides is 1. The molecule has 8 heteroatoms. The van der Waals surface area contributed by atoms with Crippen LogP contribution < -0.4 is 5.73 Å². The largest absolute Gasteiger partial charge is 0.393 e. The highest BCUT2D eigenvalue weighted by Gasteiger charge is 2.05. The Morgan fingerprint density at radius 1 is 1.73 bits per heavy atom. The van der Waals surface area contributed by atoms with Crippen molar-refractivity contribution in [2.45, 2.75) is 6.54 Å². The minimum atomic E-state index is -0.918. The highest BCUT2D eigenvalue weighted by molar-refractivity contribution is 6.44. The summed E-state index contributed by atoms with van der Waals surface area (Å²) in [6.45, 7) is 0.586. The van der Waals surface area contributed by atoms with Gasteiger partial charge in [-0.2, -0.15) is 5.26 Å². The van der Waals surface area contributed by atoms with E-state index >= 15 is 0 Å². The van der Waals surface area contributed by atoms with Crippen LogP contribution in [0.25, 0.3) is 0 Å². The van der Waals surface area contributed by atoms with E-state index in [1.807, 2.05) is 0 Å². The number of hydrogen-bond donors (Lipinski definition) is 1. The van der Waals surface area contributed by atoms with Crippen molar-refractivity contribution in [2.24, 2.45) is 10.9 Å². The molecule has 78 valence electrons. The molecule has 0 saturated heterocycles. The summed E-state index contributed by atoms with van der Waals surface area (Å²) in [5, 5.41) is 18.9. The van der Waals surface area contributed by atoms with Gasteiger partial charge in [-0.1, -0.05) is 10.4 Å². The first kappa shape index (κ1) is 10.6. The number of nitrogens with zero attached hydrogens (tertiary/aromatic N) is 5. The fourth-order valence-corrected chi connectivity index (χ4v) is 0.717. The van der Waals surface area contributed by atoms with Crippen LogP contribution in [0.1, 0.15) is 0 Å².